The van der Waals surface area contributed by atoms with Crippen LogP contribution in [-0.4, -0.2) is 18.5 Å². The van der Waals surface area contributed by atoms with E-state index in [0.717, 1.165) is 18.4 Å². The normalized spacial score (nSPS) is 13.1. The van der Waals surface area contributed by atoms with E-state index in [9.17, 15) is 0 Å². The molecule has 0 fully saturated rings. The van der Waals surface area contributed by atoms with Gasteiger partial charge in [-0.2, -0.15) is 0 Å². The largest absolute Gasteiger partial charge is 0.378 e. The quantitative estimate of drug-likeness (QED) is 0.476. The zero-order valence-electron chi connectivity index (χ0n) is 13.6. The summed E-state index contributed by atoms with van der Waals surface area (Å²) < 4.78 is 0. The summed E-state index contributed by atoms with van der Waals surface area (Å²) in [6.45, 7) is 16.8. The Morgan fingerprint density at radius 3 is 2.17 bits per heavy atom. The zero-order chi connectivity index (χ0) is 14.1. The number of nitrogens with zero attached hydrogens (tertiary/aromatic N) is 1. The fourth-order valence-corrected chi connectivity index (χ4v) is 2.52. The van der Waals surface area contributed by atoms with Crippen LogP contribution in [0.2, 0.25) is 0 Å². The number of allylic oxidation sites excluding steroid dienone is 1. The average Bonchev–Trinajstić information content (AvgIpc) is 2.30. The molecule has 1 unspecified atom stereocenters. The van der Waals surface area contributed by atoms with Gasteiger partial charge in [0.15, 0.2) is 0 Å². The number of hydrogen-bond acceptors (Lipinski definition) is 1. The first kappa shape index (κ1) is 17.5. The molecule has 1 atom stereocenters. The van der Waals surface area contributed by atoms with Gasteiger partial charge in [0.05, 0.1) is 0 Å². The number of hydrogen-bond donors (Lipinski definition) is 0. The molecule has 0 rings (SSSR count). The van der Waals surface area contributed by atoms with E-state index in [1.165, 1.54) is 37.8 Å². The zero-order valence-corrected chi connectivity index (χ0v) is 13.6. The van der Waals surface area contributed by atoms with Gasteiger partial charge in [-0.05, 0) is 30.6 Å². The van der Waals surface area contributed by atoms with Crippen LogP contribution in [0.25, 0.3) is 0 Å². The van der Waals surface area contributed by atoms with Crippen LogP contribution >= 0.6 is 0 Å². The molecule has 0 amide bonds. The van der Waals surface area contributed by atoms with Crippen molar-refractivity contribution in [3.05, 3.63) is 12.3 Å². The molecule has 1 heteroatoms. The first-order valence-electron chi connectivity index (χ1n) is 7.78. The van der Waals surface area contributed by atoms with E-state index in [2.05, 4.69) is 53.1 Å². The van der Waals surface area contributed by atoms with Crippen molar-refractivity contribution in [1.29, 1.82) is 0 Å². The van der Waals surface area contributed by atoms with Crippen LogP contribution < -0.4 is 0 Å². The van der Waals surface area contributed by atoms with Gasteiger partial charge in [-0.1, -0.05) is 60.5 Å². The molecule has 0 saturated carbocycles. The third-order valence-corrected chi connectivity index (χ3v) is 3.89. The van der Waals surface area contributed by atoms with Gasteiger partial charge in [-0.3, -0.25) is 0 Å². The molecule has 0 saturated heterocycles. The van der Waals surface area contributed by atoms with Gasteiger partial charge in [-0.25, -0.2) is 0 Å². The molecule has 0 aromatic heterocycles. The Kier molecular flexibility index (Phi) is 9.23. The SMILES string of the molecule is C=C(C(C)C)N(C)CCCCC(CC)CC(C)C. The molecule has 0 aliphatic carbocycles. The topological polar surface area (TPSA) is 3.24 Å². The molecule has 0 bridgehead atoms. The van der Waals surface area contributed by atoms with E-state index in [4.69, 9.17) is 0 Å². The molecule has 18 heavy (non-hydrogen) atoms. The highest BCUT2D eigenvalue weighted by Crippen LogP contribution is 2.21. The average molecular weight is 253 g/mol. The molecule has 0 radical (unpaired) electrons. The van der Waals surface area contributed by atoms with Gasteiger partial charge in [0.25, 0.3) is 0 Å². The summed E-state index contributed by atoms with van der Waals surface area (Å²) in [6.07, 6.45) is 6.80. The molecule has 0 aliphatic heterocycles. The smallest absolute Gasteiger partial charge is 0.0171 e. The Balaban J connectivity index is 3.74. The van der Waals surface area contributed by atoms with Crippen LogP contribution in [0.5, 0.6) is 0 Å². The van der Waals surface area contributed by atoms with Crippen molar-refractivity contribution < 1.29 is 0 Å². The van der Waals surface area contributed by atoms with E-state index in [-0.39, 0.29) is 0 Å². The van der Waals surface area contributed by atoms with Gasteiger partial charge in [0, 0.05) is 19.3 Å². The van der Waals surface area contributed by atoms with Gasteiger partial charge < -0.3 is 4.90 Å². The Bertz CT molecular complexity index is 218. The summed E-state index contributed by atoms with van der Waals surface area (Å²) in [4.78, 5) is 2.33. The fourth-order valence-electron chi connectivity index (χ4n) is 2.52. The van der Waals surface area contributed by atoms with Crippen LogP contribution in [0.4, 0.5) is 0 Å². The van der Waals surface area contributed by atoms with Crippen molar-refractivity contribution in [3.63, 3.8) is 0 Å². The van der Waals surface area contributed by atoms with Gasteiger partial charge in [-0.15, -0.1) is 0 Å². The molecule has 0 spiro atoms. The molecule has 0 aromatic rings. The van der Waals surface area contributed by atoms with E-state index in [0.29, 0.717) is 5.92 Å². The van der Waals surface area contributed by atoms with E-state index in [1.54, 1.807) is 0 Å². The van der Waals surface area contributed by atoms with Crippen LogP contribution in [0.3, 0.4) is 0 Å². The Hall–Kier alpha value is -0.460. The van der Waals surface area contributed by atoms with Crippen LogP contribution in [0.1, 0.15) is 66.7 Å². The molecule has 0 N–H and O–H groups in total. The summed E-state index contributed by atoms with van der Waals surface area (Å²) in [5.41, 5.74) is 1.27. The highest BCUT2D eigenvalue weighted by Gasteiger charge is 2.09. The molecule has 0 aliphatic rings. The van der Waals surface area contributed by atoms with E-state index in [1.807, 2.05) is 0 Å². The molecule has 0 heterocycles. The van der Waals surface area contributed by atoms with E-state index >= 15 is 0 Å². The predicted octanol–water partition coefficient (Wildman–Crippen LogP) is 5.33. The van der Waals surface area contributed by atoms with Gasteiger partial charge >= 0.3 is 0 Å². The van der Waals surface area contributed by atoms with Crippen LogP contribution in [0.15, 0.2) is 12.3 Å². The molecular formula is C17H35N. The van der Waals surface area contributed by atoms with Crippen molar-refractivity contribution in [2.45, 2.75) is 66.7 Å². The van der Waals surface area contributed by atoms with Crippen molar-refractivity contribution in [1.82, 2.24) is 4.90 Å². The molecular weight excluding hydrogens is 218 g/mol. The number of rotatable bonds is 10. The van der Waals surface area contributed by atoms with Crippen molar-refractivity contribution in [2.24, 2.45) is 17.8 Å². The second-order valence-corrected chi connectivity index (χ2v) is 6.47. The lowest BCUT2D eigenvalue weighted by molar-refractivity contribution is 0.333. The second-order valence-electron chi connectivity index (χ2n) is 6.47. The lowest BCUT2D eigenvalue weighted by Gasteiger charge is -2.25. The first-order chi connectivity index (χ1) is 8.38. The first-order valence-corrected chi connectivity index (χ1v) is 7.78. The summed E-state index contributed by atoms with van der Waals surface area (Å²) in [5.74, 6) is 2.35. The lowest BCUT2D eigenvalue weighted by Crippen LogP contribution is -2.21. The Morgan fingerprint density at radius 1 is 1.11 bits per heavy atom. The fraction of sp³-hybridized carbons (Fsp3) is 0.882. The summed E-state index contributed by atoms with van der Waals surface area (Å²) in [7, 11) is 2.17. The summed E-state index contributed by atoms with van der Waals surface area (Å²) in [6, 6.07) is 0. The maximum atomic E-state index is 4.15. The van der Waals surface area contributed by atoms with Crippen molar-refractivity contribution in [2.75, 3.05) is 13.6 Å². The predicted molar refractivity (Wildman–Crippen MR) is 83.7 cm³/mol. The van der Waals surface area contributed by atoms with Gasteiger partial charge in [0.1, 0.15) is 0 Å². The third kappa shape index (κ3) is 7.79. The minimum Gasteiger partial charge on any atom is -0.378 e. The highest BCUT2D eigenvalue weighted by atomic mass is 15.1. The van der Waals surface area contributed by atoms with Crippen LogP contribution in [0, 0.1) is 17.8 Å². The monoisotopic (exact) mass is 253 g/mol. The van der Waals surface area contributed by atoms with Crippen molar-refractivity contribution >= 4 is 0 Å². The molecule has 1 nitrogen and oxygen atoms in total. The maximum absolute atomic E-state index is 4.15. The Morgan fingerprint density at radius 2 is 1.72 bits per heavy atom. The maximum Gasteiger partial charge on any atom is 0.0171 e. The van der Waals surface area contributed by atoms with E-state index < -0.39 is 0 Å². The molecule has 0 aromatic carbocycles. The standard InChI is InChI=1S/C17H35N/c1-8-17(13-14(2)3)11-9-10-12-18(7)16(6)15(4)5/h14-15,17H,6,8-13H2,1-5,7H3. The second kappa shape index (κ2) is 9.47. The molecule has 108 valence electrons. The number of unbranched alkanes of at least 4 members (excludes halogenated alkanes) is 1. The summed E-state index contributed by atoms with van der Waals surface area (Å²) in [5, 5.41) is 0. The van der Waals surface area contributed by atoms with Gasteiger partial charge in [0.2, 0.25) is 0 Å². The highest BCUT2D eigenvalue weighted by molar-refractivity contribution is 4.95. The Labute approximate surface area is 116 Å². The summed E-state index contributed by atoms with van der Waals surface area (Å²) >= 11 is 0. The lowest BCUT2D eigenvalue weighted by atomic mass is 9.90. The minimum absolute atomic E-state index is 0.569. The third-order valence-electron chi connectivity index (χ3n) is 3.89. The minimum atomic E-state index is 0.569. The van der Waals surface area contributed by atoms with Crippen LogP contribution in [-0.2, 0) is 0 Å². The van der Waals surface area contributed by atoms with Crippen molar-refractivity contribution in [3.8, 4) is 0 Å².